The average Bonchev–Trinajstić information content (AvgIpc) is 2.71. The molecule has 0 bridgehead atoms. The molecule has 1 aromatic rings. The van der Waals surface area contributed by atoms with Crippen molar-refractivity contribution >= 4 is 5.97 Å². The fourth-order valence-corrected chi connectivity index (χ4v) is 2.25. The minimum atomic E-state index is -0.861. The van der Waals surface area contributed by atoms with Crippen LogP contribution in [0.5, 0.6) is 0 Å². The van der Waals surface area contributed by atoms with E-state index in [1.54, 1.807) is 12.1 Å². The Morgan fingerprint density at radius 2 is 2.22 bits per heavy atom. The van der Waals surface area contributed by atoms with Crippen molar-refractivity contribution < 1.29 is 19.0 Å². The first-order chi connectivity index (χ1) is 8.52. The number of benzene rings is 1. The van der Waals surface area contributed by atoms with Crippen LogP contribution in [0.15, 0.2) is 24.3 Å². The molecule has 0 amide bonds. The van der Waals surface area contributed by atoms with E-state index in [0.717, 1.165) is 5.56 Å². The Morgan fingerprint density at radius 3 is 2.72 bits per heavy atom. The van der Waals surface area contributed by atoms with Gasteiger partial charge in [0.15, 0.2) is 0 Å². The van der Waals surface area contributed by atoms with E-state index in [9.17, 15) is 9.18 Å². The first-order valence-electron chi connectivity index (χ1n) is 5.91. The van der Waals surface area contributed by atoms with E-state index in [0.29, 0.717) is 13.0 Å². The second kappa shape index (κ2) is 5.04. The lowest BCUT2D eigenvalue weighted by Crippen LogP contribution is -2.31. The Hall–Kier alpha value is -1.46. The molecule has 98 valence electrons. The minimum absolute atomic E-state index is 0.0196. The Bertz CT molecular complexity index is 434. The lowest BCUT2D eigenvalue weighted by Gasteiger charge is -2.28. The van der Waals surface area contributed by atoms with Crippen LogP contribution in [0.1, 0.15) is 25.3 Å². The summed E-state index contributed by atoms with van der Waals surface area (Å²) in [5.74, 6) is -1.18. The number of halogens is 1. The summed E-state index contributed by atoms with van der Waals surface area (Å²) < 4.78 is 18.8. The third kappa shape index (κ3) is 2.68. The van der Waals surface area contributed by atoms with Gasteiger partial charge in [0.2, 0.25) is 0 Å². The molecule has 1 saturated heterocycles. The van der Waals surface area contributed by atoms with E-state index < -0.39 is 11.6 Å². The number of nitrogens with one attached hydrogen (secondary N) is 1. The Kier molecular flexibility index (Phi) is 3.63. The SMILES string of the molecule is CC1NCC(CCC(=O)O)(c2ccc(F)cc2)O1. The molecule has 18 heavy (non-hydrogen) atoms. The average molecular weight is 253 g/mol. The van der Waals surface area contributed by atoms with E-state index in [-0.39, 0.29) is 18.5 Å². The van der Waals surface area contributed by atoms with Gasteiger partial charge in [0.25, 0.3) is 0 Å². The van der Waals surface area contributed by atoms with Crippen LogP contribution in [-0.2, 0) is 15.1 Å². The molecule has 0 radical (unpaired) electrons. The van der Waals surface area contributed by atoms with Crippen LogP contribution in [0.25, 0.3) is 0 Å². The normalized spacial score (nSPS) is 27.3. The minimum Gasteiger partial charge on any atom is -0.481 e. The van der Waals surface area contributed by atoms with E-state index in [1.807, 2.05) is 6.92 Å². The first-order valence-corrected chi connectivity index (χ1v) is 5.91. The monoisotopic (exact) mass is 253 g/mol. The number of rotatable bonds is 4. The lowest BCUT2D eigenvalue weighted by atomic mass is 9.89. The summed E-state index contributed by atoms with van der Waals surface area (Å²) in [6, 6.07) is 6.03. The summed E-state index contributed by atoms with van der Waals surface area (Å²) in [5.41, 5.74) is 0.132. The van der Waals surface area contributed by atoms with Gasteiger partial charge in [0, 0.05) is 13.0 Å². The zero-order chi connectivity index (χ0) is 13.2. The molecule has 1 fully saturated rings. The summed E-state index contributed by atoms with van der Waals surface area (Å²) in [4.78, 5) is 10.7. The molecule has 5 heteroatoms. The van der Waals surface area contributed by atoms with Gasteiger partial charge >= 0.3 is 5.97 Å². The second-order valence-electron chi connectivity index (χ2n) is 4.54. The maximum absolute atomic E-state index is 12.9. The zero-order valence-corrected chi connectivity index (χ0v) is 10.1. The number of hydrogen-bond donors (Lipinski definition) is 2. The Morgan fingerprint density at radius 1 is 1.56 bits per heavy atom. The van der Waals surface area contributed by atoms with Crippen LogP contribution >= 0.6 is 0 Å². The molecule has 0 aliphatic carbocycles. The largest absolute Gasteiger partial charge is 0.481 e. The Labute approximate surface area is 105 Å². The van der Waals surface area contributed by atoms with Gasteiger partial charge in [-0.1, -0.05) is 12.1 Å². The fraction of sp³-hybridized carbons (Fsp3) is 0.462. The van der Waals surface area contributed by atoms with E-state index in [1.165, 1.54) is 12.1 Å². The maximum Gasteiger partial charge on any atom is 0.303 e. The summed E-state index contributed by atoms with van der Waals surface area (Å²) in [5, 5.41) is 11.9. The van der Waals surface area contributed by atoms with E-state index in [4.69, 9.17) is 9.84 Å². The Balaban J connectivity index is 2.24. The first kappa shape index (κ1) is 13.0. The molecular formula is C13H16FNO3. The summed E-state index contributed by atoms with van der Waals surface area (Å²) >= 11 is 0. The number of carbonyl (C=O) groups is 1. The quantitative estimate of drug-likeness (QED) is 0.859. The van der Waals surface area contributed by atoms with Crippen molar-refractivity contribution in [2.45, 2.75) is 31.6 Å². The van der Waals surface area contributed by atoms with Crippen LogP contribution < -0.4 is 5.32 Å². The van der Waals surface area contributed by atoms with Crippen molar-refractivity contribution in [3.63, 3.8) is 0 Å². The predicted octanol–water partition coefficient (Wildman–Crippen LogP) is 1.85. The third-order valence-corrected chi connectivity index (χ3v) is 3.19. The number of carboxylic acids is 1. The van der Waals surface area contributed by atoms with Crippen molar-refractivity contribution in [1.82, 2.24) is 5.32 Å². The molecule has 2 rings (SSSR count). The van der Waals surface area contributed by atoms with Crippen LogP contribution in [0.2, 0.25) is 0 Å². The maximum atomic E-state index is 12.9. The molecule has 0 spiro atoms. The van der Waals surface area contributed by atoms with Crippen LogP contribution in [-0.4, -0.2) is 23.8 Å². The van der Waals surface area contributed by atoms with Crippen molar-refractivity contribution in [2.75, 3.05) is 6.54 Å². The van der Waals surface area contributed by atoms with Crippen molar-refractivity contribution in [1.29, 1.82) is 0 Å². The van der Waals surface area contributed by atoms with Crippen molar-refractivity contribution in [2.24, 2.45) is 0 Å². The van der Waals surface area contributed by atoms with Gasteiger partial charge in [-0.15, -0.1) is 0 Å². The predicted molar refractivity (Wildman–Crippen MR) is 63.5 cm³/mol. The standard InChI is InChI=1S/C13H16FNO3/c1-9-15-8-13(18-9,7-6-12(16)17)10-2-4-11(14)5-3-10/h2-5,9,15H,6-8H2,1H3,(H,16,17). The number of hydrogen-bond acceptors (Lipinski definition) is 3. The highest BCUT2D eigenvalue weighted by Crippen LogP contribution is 2.35. The second-order valence-corrected chi connectivity index (χ2v) is 4.54. The lowest BCUT2D eigenvalue weighted by molar-refractivity contribution is -0.139. The zero-order valence-electron chi connectivity index (χ0n) is 10.1. The van der Waals surface area contributed by atoms with Crippen molar-refractivity contribution in [3.8, 4) is 0 Å². The van der Waals surface area contributed by atoms with Gasteiger partial charge in [-0.05, 0) is 31.0 Å². The van der Waals surface area contributed by atoms with Gasteiger partial charge in [0.05, 0.1) is 0 Å². The van der Waals surface area contributed by atoms with Gasteiger partial charge < -0.3 is 9.84 Å². The molecular weight excluding hydrogens is 237 g/mol. The molecule has 1 aliphatic rings. The van der Waals surface area contributed by atoms with Crippen molar-refractivity contribution in [3.05, 3.63) is 35.6 Å². The topological polar surface area (TPSA) is 58.6 Å². The van der Waals surface area contributed by atoms with Gasteiger partial charge in [-0.3, -0.25) is 10.1 Å². The molecule has 2 N–H and O–H groups in total. The summed E-state index contributed by atoms with van der Waals surface area (Å²) in [7, 11) is 0. The smallest absolute Gasteiger partial charge is 0.303 e. The summed E-state index contributed by atoms with van der Waals surface area (Å²) in [6.07, 6.45) is 0.251. The molecule has 0 saturated carbocycles. The molecule has 2 unspecified atom stereocenters. The van der Waals surface area contributed by atoms with E-state index >= 15 is 0 Å². The van der Waals surface area contributed by atoms with Gasteiger partial charge in [0.1, 0.15) is 17.6 Å². The third-order valence-electron chi connectivity index (χ3n) is 3.19. The number of carboxylic acid groups (broad SMARTS) is 1. The van der Waals surface area contributed by atoms with E-state index in [2.05, 4.69) is 5.32 Å². The summed E-state index contributed by atoms with van der Waals surface area (Å²) in [6.45, 7) is 2.40. The van der Waals surface area contributed by atoms with Gasteiger partial charge in [-0.2, -0.15) is 0 Å². The van der Waals surface area contributed by atoms with Crippen LogP contribution in [0.3, 0.4) is 0 Å². The van der Waals surface area contributed by atoms with Crippen LogP contribution in [0.4, 0.5) is 4.39 Å². The molecule has 1 heterocycles. The molecule has 4 nitrogen and oxygen atoms in total. The molecule has 0 aromatic heterocycles. The highest BCUT2D eigenvalue weighted by molar-refractivity contribution is 5.66. The highest BCUT2D eigenvalue weighted by atomic mass is 19.1. The fourth-order valence-electron chi connectivity index (χ4n) is 2.25. The number of aliphatic carboxylic acids is 1. The van der Waals surface area contributed by atoms with Crippen LogP contribution in [0, 0.1) is 5.82 Å². The number of ether oxygens (including phenoxy) is 1. The highest BCUT2D eigenvalue weighted by Gasteiger charge is 2.40. The van der Waals surface area contributed by atoms with Gasteiger partial charge in [-0.25, -0.2) is 4.39 Å². The molecule has 2 atom stereocenters. The molecule has 1 aliphatic heterocycles. The molecule has 1 aromatic carbocycles.